The summed E-state index contributed by atoms with van der Waals surface area (Å²) >= 11 is 0. The number of primary amides is 1. The maximum atomic E-state index is 13.0. The van der Waals surface area contributed by atoms with Gasteiger partial charge in [-0.2, -0.15) is 4.57 Å². The van der Waals surface area contributed by atoms with Gasteiger partial charge in [-0.1, -0.05) is 24.0 Å². The molecule has 28 heavy (non-hydrogen) atoms. The Morgan fingerprint density at radius 2 is 1.93 bits per heavy atom. The van der Waals surface area contributed by atoms with Gasteiger partial charge in [-0.15, -0.1) is 0 Å². The Balaban J connectivity index is 1.81. The average Bonchev–Trinajstić information content (AvgIpc) is 3.18. The number of imidazole rings is 1. The first-order valence-electron chi connectivity index (χ1n) is 9.02. The quantitative estimate of drug-likeness (QED) is 0.784. The van der Waals surface area contributed by atoms with Crippen LogP contribution in [-0.2, 0) is 16.0 Å². The number of fused-ring (bicyclic) bond motifs is 3. The Kier molecular flexibility index (Phi) is 4.02. The molecule has 0 radical (unpaired) electrons. The molecule has 0 saturated carbocycles. The van der Waals surface area contributed by atoms with Crippen LogP contribution in [0.15, 0.2) is 35.5 Å². The van der Waals surface area contributed by atoms with Crippen molar-refractivity contribution in [2.24, 2.45) is 10.7 Å². The number of aryl methyl sites for hydroxylation is 2. The van der Waals surface area contributed by atoms with Crippen LogP contribution in [0.4, 0.5) is 10.7 Å². The van der Waals surface area contributed by atoms with Crippen molar-refractivity contribution in [3.8, 4) is 5.69 Å². The number of likely N-dealkylation sites (N-methyl/N-ethyl adjacent to an activating group) is 1. The van der Waals surface area contributed by atoms with Gasteiger partial charge in [0.05, 0.1) is 0 Å². The normalized spacial score (nSPS) is 18.2. The van der Waals surface area contributed by atoms with Gasteiger partial charge in [-0.3, -0.25) is 19.4 Å². The lowest BCUT2D eigenvalue weighted by Crippen LogP contribution is -2.63. The lowest BCUT2D eigenvalue weighted by Gasteiger charge is -2.32. The van der Waals surface area contributed by atoms with Gasteiger partial charge in [-0.05, 0) is 31.0 Å². The first-order valence-corrected chi connectivity index (χ1v) is 9.02. The lowest BCUT2D eigenvalue weighted by molar-refractivity contribution is -0.676. The highest BCUT2D eigenvalue weighted by Crippen LogP contribution is 2.31. The predicted octanol–water partition coefficient (Wildman–Crippen LogP) is 0.600. The van der Waals surface area contributed by atoms with Crippen LogP contribution in [-0.4, -0.2) is 51.6 Å². The van der Waals surface area contributed by atoms with E-state index < -0.39 is 30.4 Å². The summed E-state index contributed by atoms with van der Waals surface area (Å²) in [6.07, 6.45) is 2.77. The Morgan fingerprint density at radius 3 is 2.54 bits per heavy atom. The molecule has 1 unspecified atom stereocenters. The van der Waals surface area contributed by atoms with Gasteiger partial charge in [-0.25, -0.2) is 9.36 Å². The van der Waals surface area contributed by atoms with Gasteiger partial charge in [0.15, 0.2) is 0 Å². The van der Waals surface area contributed by atoms with Crippen LogP contribution in [0.5, 0.6) is 0 Å². The third-order valence-electron chi connectivity index (χ3n) is 5.13. The number of benzene rings is 1. The van der Waals surface area contributed by atoms with E-state index in [2.05, 4.69) is 24.0 Å². The molecule has 3 heterocycles. The number of carbonyl (C=O) groups excluding carboxylic acids is 3. The smallest absolute Gasteiger partial charge is 0.368 e. The second kappa shape index (κ2) is 6.29. The zero-order valence-corrected chi connectivity index (χ0v) is 15.9. The molecule has 1 aromatic heterocycles. The molecule has 2 aliphatic heterocycles. The van der Waals surface area contributed by atoms with Gasteiger partial charge in [0.25, 0.3) is 5.91 Å². The molecule has 1 fully saturated rings. The molecule has 2 aliphatic rings. The van der Waals surface area contributed by atoms with Crippen LogP contribution in [0.2, 0.25) is 0 Å². The fraction of sp³-hybridized carbons (Fsp3) is 0.316. The number of nitrogens with two attached hydrogens (primary N) is 1. The van der Waals surface area contributed by atoms with E-state index in [4.69, 9.17) is 5.73 Å². The van der Waals surface area contributed by atoms with Crippen molar-refractivity contribution in [3.63, 3.8) is 0 Å². The van der Waals surface area contributed by atoms with Gasteiger partial charge in [0.1, 0.15) is 24.1 Å². The van der Waals surface area contributed by atoms with Crippen LogP contribution in [0, 0.1) is 6.92 Å². The van der Waals surface area contributed by atoms with Crippen LogP contribution in [0.3, 0.4) is 0 Å². The van der Waals surface area contributed by atoms with E-state index in [0.717, 1.165) is 22.7 Å². The Labute approximate surface area is 161 Å². The molecule has 1 aromatic carbocycles. The van der Waals surface area contributed by atoms with Crippen molar-refractivity contribution >= 4 is 29.6 Å². The van der Waals surface area contributed by atoms with Gasteiger partial charge < -0.3 is 5.73 Å². The maximum Gasteiger partial charge on any atom is 0.406 e. The van der Waals surface area contributed by atoms with Crippen molar-refractivity contribution in [3.05, 3.63) is 41.7 Å². The molecule has 0 bridgehead atoms. The Morgan fingerprint density at radius 1 is 1.25 bits per heavy atom. The highest BCUT2D eigenvalue weighted by atomic mass is 16.2. The molecule has 9 nitrogen and oxygen atoms in total. The maximum absolute atomic E-state index is 13.0. The third kappa shape index (κ3) is 2.50. The van der Waals surface area contributed by atoms with Crippen LogP contribution < -0.4 is 10.3 Å². The summed E-state index contributed by atoms with van der Waals surface area (Å²) in [5.41, 5.74) is 8.25. The number of rotatable bonds is 4. The highest BCUT2D eigenvalue weighted by Gasteiger charge is 2.53. The fourth-order valence-corrected chi connectivity index (χ4v) is 3.69. The number of nitrogens with zero attached hydrogens (tertiary/aromatic N) is 5. The SMILES string of the molecule is CCc1ccc(-n2c(C)c[n+]3c2N=C2C3C(=O)N(CC(N)=O)C(=O)N2C)cc1. The monoisotopic (exact) mass is 381 g/mol. The summed E-state index contributed by atoms with van der Waals surface area (Å²) in [6, 6.07) is 6.70. The molecule has 2 aromatic rings. The molecule has 2 N–H and O–H groups in total. The number of carbonyl (C=O) groups is 3. The summed E-state index contributed by atoms with van der Waals surface area (Å²) in [4.78, 5) is 43.5. The molecular formula is C19H21N6O3+. The summed E-state index contributed by atoms with van der Waals surface area (Å²) in [5.74, 6) is -0.369. The molecule has 9 heteroatoms. The molecule has 0 spiro atoms. The molecule has 0 aliphatic carbocycles. The van der Waals surface area contributed by atoms with E-state index in [1.807, 2.05) is 29.8 Å². The van der Waals surface area contributed by atoms with Crippen molar-refractivity contribution in [2.45, 2.75) is 26.3 Å². The number of amidine groups is 1. The standard InChI is InChI=1S/C19H20N6O3/c1-4-12-5-7-13(8-6-12)25-11(2)9-23-15-16(21-18(23)25)22(3)19(28)24(17(15)27)10-14(20)26/h5-9,15H,4,10H2,1-3H3,(H-,20,26)/p+1. The zero-order chi connectivity index (χ0) is 20.2. The molecule has 4 amide bonds. The Hall–Kier alpha value is -3.49. The van der Waals surface area contributed by atoms with E-state index in [1.54, 1.807) is 4.57 Å². The minimum Gasteiger partial charge on any atom is -0.368 e. The van der Waals surface area contributed by atoms with Crippen molar-refractivity contribution in [1.29, 1.82) is 0 Å². The van der Waals surface area contributed by atoms with E-state index >= 15 is 0 Å². The van der Waals surface area contributed by atoms with Crippen LogP contribution in [0.1, 0.15) is 24.2 Å². The molecule has 1 atom stereocenters. The van der Waals surface area contributed by atoms with Crippen molar-refractivity contribution in [2.75, 3.05) is 13.6 Å². The third-order valence-corrected chi connectivity index (χ3v) is 5.13. The highest BCUT2D eigenvalue weighted by molar-refractivity contribution is 6.19. The number of hydrogen-bond donors (Lipinski definition) is 1. The first-order chi connectivity index (χ1) is 13.3. The molecule has 1 saturated heterocycles. The minimum absolute atomic E-state index is 0.338. The molecular weight excluding hydrogens is 360 g/mol. The summed E-state index contributed by atoms with van der Waals surface area (Å²) in [7, 11) is 1.54. The average molecular weight is 381 g/mol. The first kappa shape index (κ1) is 17.9. The van der Waals surface area contributed by atoms with Gasteiger partial charge in [0.2, 0.25) is 17.8 Å². The van der Waals surface area contributed by atoms with E-state index in [1.165, 1.54) is 17.5 Å². The summed E-state index contributed by atoms with van der Waals surface area (Å²) < 4.78 is 3.67. The van der Waals surface area contributed by atoms with E-state index in [9.17, 15) is 14.4 Å². The largest absolute Gasteiger partial charge is 0.406 e. The van der Waals surface area contributed by atoms with Gasteiger partial charge in [0, 0.05) is 7.05 Å². The second-order valence-corrected chi connectivity index (χ2v) is 6.94. The topological polar surface area (TPSA) is 105 Å². The fourth-order valence-electron chi connectivity index (χ4n) is 3.69. The van der Waals surface area contributed by atoms with Crippen LogP contribution >= 0.6 is 0 Å². The number of imide groups is 1. The molecule has 4 rings (SSSR count). The lowest BCUT2D eigenvalue weighted by atomic mass is 10.1. The number of aromatic nitrogens is 2. The van der Waals surface area contributed by atoms with Crippen molar-refractivity contribution < 1.29 is 19.0 Å². The minimum atomic E-state index is -0.799. The summed E-state index contributed by atoms with van der Waals surface area (Å²) in [6.45, 7) is 3.56. The van der Waals surface area contributed by atoms with Crippen LogP contribution in [0.25, 0.3) is 5.69 Å². The number of urea groups is 1. The van der Waals surface area contributed by atoms with Crippen molar-refractivity contribution in [1.82, 2.24) is 14.4 Å². The van der Waals surface area contributed by atoms with E-state index in [-0.39, 0.29) is 0 Å². The zero-order valence-electron chi connectivity index (χ0n) is 15.9. The second-order valence-electron chi connectivity index (χ2n) is 6.94. The Bertz CT molecular complexity index is 1040. The van der Waals surface area contributed by atoms with Gasteiger partial charge >= 0.3 is 12.0 Å². The predicted molar refractivity (Wildman–Crippen MR) is 100 cm³/mol. The number of hydrogen-bond acceptors (Lipinski definition) is 4. The van der Waals surface area contributed by atoms with E-state index in [0.29, 0.717) is 11.8 Å². The summed E-state index contributed by atoms with van der Waals surface area (Å²) in [5, 5.41) is 0. The molecule has 144 valence electrons. The number of amides is 4. The number of aliphatic imine (C=N–C) groups is 1.